The molecule has 0 unspecified atom stereocenters. The molecule has 1 aliphatic rings. The molecule has 1 aliphatic heterocycles. The molecule has 0 atom stereocenters. The van der Waals surface area contributed by atoms with Gasteiger partial charge in [-0.25, -0.2) is 4.79 Å². The third kappa shape index (κ3) is 4.24. The normalized spacial score (nSPS) is 15.1. The molecule has 0 spiro atoms. The maximum absolute atomic E-state index is 12.0. The molecule has 6 nitrogen and oxygen atoms in total. The summed E-state index contributed by atoms with van der Waals surface area (Å²) in [5.41, 5.74) is 1.57. The summed E-state index contributed by atoms with van der Waals surface area (Å²) in [7, 11) is 1.41. The summed E-state index contributed by atoms with van der Waals surface area (Å²) in [6.45, 7) is 2.46. The van der Waals surface area contributed by atoms with Crippen LogP contribution in [0.5, 0.6) is 11.5 Å². The lowest BCUT2D eigenvalue weighted by atomic mass is 10.1. The van der Waals surface area contributed by atoms with Gasteiger partial charge in [-0.05, 0) is 36.8 Å². The van der Waals surface area contributed by atoms with Crippen LogP contribution in [-0.2, 0) is 11.4 Å². The van der Waals surface area contributed by atoms with Crippen LogP contribution < -0.4 is 14.8 Å². The minimum atomic E-state index is -0.480. The summed E-state index contributed by atoms with van der Waals surface area (Å²) < 4.78 is 11.5. The van der Waals surface area contributed by atoms with E-state index in [0.717, 1.165) is 10.5 Å². The van der Waals surface area contributed by atoms with E-state index in [1.807, 2.05) is 25.1 Å². The van der Waals surface area contributed by atoms with Crippen molar-refractivity contribution in [3.8, 4) is 11.5 Å². The van der Waals surface area contributed by atoms with E-state index in [0.29, 0.717) is 33.7 Å². The Kier molecular flexibility index (Phi) is 6.11. The average Bonchev–Trinajstić information content (AvgIpc) is 2.89. The second kappa shape index (κ2) is 8.54. The standard InChI is InChI=1S/C20H18Cl2N2O4/c1-3-27-17-10-12(9-16-19(25)24(2)20(26)23-16)8-15(22)18(17)28-11-13-6-4-5-7-14(13)21/h4-10H,3,11H2,1-2H3,(H,23,26)/b16-9+. The van der Waals surface area contributed by atoms with Crippen LogP contribution in [0.2, 0.25) is 10.0 Å². The van der Waals surface area contributed by atoms with Gasteiger partial charge in [0, 0.05) is 17.6 Å². The number of ether oxygens (including phenoxy) is 2. The summed E-state index contributed by atoms with van der Waals surface area (Å²) in [5.74, 6) is 0.390. The smallest absolute Gasteiger partial charge is 0.328 e. The van der Waals surface area contributed by atoms with Gasteiger partial charge < -0.3 is 14.8 Å². The quantitative estimate of drug-likeness (QED) is 0.551. The highest BCUT2D eigenvalue weighted by atomic mass is 35.5. The van der Waals surface area contributed by atoms with E-state index in [4.69, 9.17) is 32.7 Å². The second-order valence-electron chi connectivity index (χ2n) is 6.00. The molecule has 3 amide bonds. The Balaban J connectivity index is 1.89. The van der Waals surface area contributed by atoms with Crippen LogP contribution >= 0.6 is 23.2 Å². The molecular weight excluding hydrogens is 403 g/mol. The Labute approximate surface area is 172 Å². The van der Waals surface area contributed by atoms with Crippen molar-refractivity contribution < 1.29 is 19.1 Å². The first kappa shape index (κ1) is 20.0. The maximum atomic E-state index is 12.0. The number of carbonyl (C=O) groups excluding carboxylic acids is 2. The summed E-state index contributed by atoms with van der Waals surface area (Å²) >= 11 is 12.6. The van der Waals surface area contributed by atoms with Gasteiger partial charge in [-0.3, -0.25) is 9.69 Å². The van der Waals surface area contributed by atoms with E-state index in [1.54, 1.807) is 18.2 Å². The first-order valence-corrected chi connectivity index (χ1v) is 9.29. The number of hydrogen-bond acceptors (Lipinski definition) is 4. The van der Waals surface area contributed by atoms with Gasteiger partial charge in [0.1, 0.15) is 12.3 Å². The van der Waals surface area contributed by atoms with Crippen LogP contribution in [0.1, 0.15) is 18.1 Å². The Bertz CT molecular complexity index is 959. The number of amides is 3. The number of nitrogens with one attached hydrogen (secondary N) is 1. The fourth-order valence-corrected chi connectivity index (χ4v) is 3.09. The fourth-order valence-electron chi connectivity index (χ4n) is 2.63. The minimum absolute atomic E-state index is 0.163. The SMILES string of the molecule is CCOc1cc(/C=C2/NC(=O)N(C)C2=O)cc(Cl)c1OCc1ccccc1Cl. The van der Waals surface area contributed by atoms with Crippen molar-refractivity contribution in [1.82, 2.24) is 10.2 Å². The van der Waals surface area contributed by atoms with E-state index in [9.17, 15) is 9.59 Å². The molecule has 0 aliphatic carbocycles. The summed E-state index contributed by atoms with van der Waals surface area (Å²) in [5, 5.41) is 3.42. The first-order valence-electron chi connectivity index (χ1n) is 8.54. The number of urea groups is 1. The lowest BCUT2D eigenvalue weighted by Gasteiger charge is -2.15. The van der Waals surface area contributed by atoms with Gasteiger partial charge in [-0.2, -0.15) is 0 Å². The highest BCUT2D eigenvalue weighted by Crippen LogP contribution is 2.38. The van der Waals surface area contributed by atoms with E-state index < -0.39 is 11.9 Å². The van der Waals surface area contributed by atoms with Crippen molar-refractivity contribution in [3.05, 3.63) is 63.3 Å². The second-order valence-corrected chi connectivity index (χ2v) is 6.81. The van der Waals surface area contributed by atoms with Crippen molar-refractivity contribution in [2.24, 2.45) is 0 Å². The zero-order valence-corrected chi connectivity index (χ0v) is 16.8. The fraction of sp³-hybridized carbons (Fsp3) is 0.200. The molecule has 1 N–H and O–H groups in total. The monoisotopic (exact) mass is 420 g/mol. The van der Waals surface area contributed by atoms with Crippen molar-refractivity contribution >= 4 is 41.2 Å². The molecule has 0 bridgehead atoms. The number of halogens is 2. The van der Waals surface area contributed by atoms with Crippen molar-refractivity contribution in [2.45, 2.75) is 13.5 Å². The van der Waals surface area contributed by atoms with Gasteiger partial charge in [0.15, 0.2) is 11.5 Å². The minimum Gasteiger partial charge on any atom is -0.490 e. The van der Waals surface area contributed by atoms with Gasteiger partial charge in [0.05, 0.1) is 11.6 Å². The zero-order valence-electron chi connectivity index (χ0n) is 15.3. The van der Waals surface area contributed by atoms with Crippen LogP contribution in [-0.4, -0.2) is 30.5 Å². The molecule has 8 heteroatoms. The highest BCUT2D eigenvalue weighted by molar-refractivity contribution is 6.32. The van der Waals surface area contributed by atoms with Gasteiger partial charge in [-0.15, -0.1) is 0 Å². The number of nitrogens with zero attached hydrogens (tertiary/aromatic N) is 1. The predicted molar refractivity (Wildman–Crippen MR) is 108 cm³/mol. The molecular formula is C20H18Cl2N2O4. The maximum Gasteiger partial charge on any atom is 0.328 e. The molecule has 0 radical (unpaired) electrons. The third-order valence-corrected chi connectivity index (χ3v) is 4.70. The van der Waals surface area contributed by atoms with E-state index in [2.05, 4.69) is 5.32 Å². The number of hydrogen-bond donors (Lipinski definition) is 1. The summed E-state index contributed by atoms with van der Waals surface area (Å²) in [6, 6.07) is 10.2. The predicted octanol–water partition coefficient (Wildman–Crippen LogP) is 4.49. The number of likely N-dealkylation sites (N-methyl/N-ethyl adjacent to an activating group) is 1. The Morgan fingerprint density at radius 3 is 2.50 bits per heavy atom. The Morgan fingerprint density at radius 1 is 1.11 bits per heavy atom. The lowest BCUT2D eigenvalue weighted by molar-refractivity contribution is -0.121. The Morgan fingerprint density at radius 2 is 1.86 bits per heavy atom. The number of rotatable bonds is 6. The summed E-state index contributed by atoms with van der Waals surface area (Å²) in [4.78, 5) is 24.6. The molecule has 2 aromatic rings. The van der Waals surface area contributed by atoms with Crippen LogP contribution in [0.15, 0.2) is 42.1 Å². The van der Waals surface area contributed by atoms with Crippen molar-refractivity contribution in [3.63, 3.8) is 0 Å². The van der Waals surface area contributed by atoms with Gasteiger partial charge in [0.25, 0.3) is 5.91 Å². The topological polar surface area (TPSA) is 67.9 Å². The molecule has 146 valence electrons. The molecule has 3 rings (SSSR count). The molecule has 0 saturated carbocycles. The first-order chi connectivity index (χ1) is 13.4. The third-order valence-electron chi connectivity index (χ3n) is 4.05. The lowest BCUT2D eigenvalue weighted by Crippen LogP contribution is -2.25. The van der Waals surface area contributed by atoms with Crippen LogP contribution in [0.25, 0.3) is 6.08 Å². The van der Waals surface area contributed by atoms with E-state index in [1.165, 1.54) is 13.1 Å². The van der Waals surface area contributed by atoms with Crippen LogP contribution in [0.3, 0.4) is 0 Å². The number of carbonyl (C=O) groups is 2. The van der Waals surface area contributed by atoms with E-state index >= 15 is 0 Å². The number of benzene rings is 2. The van der Waals surface area contributed by atoms with Crippen LogP contribution in [0.4, 0.5) is 4.79 Å². The summed E-state index contributed by atoms with van der Waals surface area (Å²) in [6.07, 6.45) is 1.54. The van der Waals surface area contributed by atoms with Gasteiger partial charge >= 0.3 is 6.03 Å². The van der Waals surface area contributed by atoms with Crippen LogP contribution in [0, 0.1) is 0 Å². The highest BCUT2D eigenvalue weighted by Gasteiger charge is 2.30. The largest absolute Gasteiger partial charge is 0.490 e. The number of imide groups is 1. The van der Waals surface area contributed by atoms with E-state index in [-0.39, 0.29) is 12.3 Å². The zero-order chi connectivity index (χ0) is 20.3. The average molecular weight is 421 g/mol. The van der Waals surface area contributed by atoms with Crippen molar-refractivity contribution in [1.29, 1.82) is 0 Å². The van der Waals surface area contributed by atoms with Crippen molar-refractivity contribution in [2.75, 3.05) is 13.7 Å². The Hall–Kier alpha value is -2.70. The molecule has 1 heterocycles. The van der Waals surface area contributed by atoms with Gasteiger partial charge in [0.2, 0.25) is 0 Å². The molecule has 0 aromatic heterocycles. The molecule has 28 heavy (non-hydrogen) atoms. The molecule has 2 aromatic carbocycles. The van der Waals surface area contributed by atoms with Gasteiger partial charge in [-0.1, -0.05) is 41.4 Å². The molecule has 1 fully saturated rings. The molecule has 1 saturated heterocycles.